The molecule has 2 aliphatic heterocycles. The molecule has 3 aliphatic rings. The third-order valence-corrected chi connectivity index (χ3v) is 6.98. The maximum Gasteiger partial charge on any atom is 0.326 e. The van der Waals surface area contributed by atoms with E-state index in [1.807, 2.05) is 0 Å². The number of hydrogen-bond acceptors (Lipinski definition) is 4. The Morgan fingerprint density at radius 1 is 1.03 bits per heavy atom. The van der Waals surface area contributed by atoms with Gasteiger partial charge >= 0.3 is 6.03 Å². The molecule has 1 aromatic heterocycles. The number of aliphatic imine (C=N–C) groups is 1. The lowest BCUT2D eigenvalue weighted by molar-refractivity contribution is 0.159. The smallest absolute Gasteiger partial charge is 0.326 e. The Bertz CT molecular complexity index is 1530. The second kappa shape index (κ2) is 9.48. The van der Waals surface area contributed by atoms with E-state index in [2.05, 4.69) is 15.3 Å². The summed E-state index contributed by atoms with van der Waals surface area (Å²) in [6, 6.07) is 8.99. The fourth-order valence-corrected chi connectivity index (χ4v) is 4.75. The molecule has 38 heavy (non-hydrogen) atoms. The number of urea groups is 1. The van der Waals surface area contributed by atoms with Gasteiger partial charge in [-0.25, -0.2) is 23.0 Å². The third-order valence-electron chi connectivity index (χ3n) is 6.67. The zero-order chi connectivity index (χ0) is 26.6. The summed E-state index contributed by atoms with van der Waals surface area (Å²) in [4.78, 5) is 35.5. The molecule has 1 aliphatic carbocycles. The predicted molar refractivity (Wildman–Crippen MR) is 132 cm³/mol. The minimum absolute atomic E-state index is 0.0146. The van der Waals surface area contributed by atoms with E-state index in [1.54, 1.807) is 23.1 Å². The quantitative estimate of drug-likeness (QED) is 0.440. The number of hydrogen-bond donors (Lipinski definition) is 2. The van der Waals surface area contributed by atoms with E-state index in [0.717, 1.165) is 25.0 Å². The van der Waals surface area contributed by atoms with Crippen LogP contribution in [0.1, 0.15) is 35.4 Å². The zero-order valence-corrected chi connectivity index (χ0v) is 20.5. The van der Waals surface area contributed by atoms with Crippen LogP contribution in [0.5, 0.6) is 0 Å². The summed E-state index contributed by atoms with van der Waals surface area (Å²) in [5, 5.41) is 2.73. The summed E-state index contributed by atoms with van der Waals surface area (Å²) >= 11 is 6.19. The van der Waals surface area contributed by atoms with Crippen molar-refractivity contribution in [3.05, 3.63) is 98.2 Å². The number of aromatic amines is 1. The molecule has 12 heteroatoms. The molecular formula is C26H21ClF3N5O3. The van der Waals surface area contributed by atoms with Crippen molar-refractivity contribution >= 4 is 29.3 Å². The molecule has 196 valence electrons. The van der Waals surface area contributed by atoms with Gasteiger partial charge in [0.1, 0.15) is 5.82 Å². The number of epoxide rings is 1. The van der Waals surface area contributed by atoms with E-state index in [0.29, 0.717) is 16.7 Å². The Balaban J connectivity index is 1.37. The van der Waals surface area contributed by atoms with Crippen LogP contribution in [-0.2, 0) is 17.8 Å². The first-order chi connectivity index (χ1) is 18.3. The summed E-state index contributed by atoms with van der Waals surface area (Å²) in [5.41, 5.74) is 0.958. The van der Waals surface area contributed by atoms with Crippen molar-refractivity contribution in [2.75, 3.05) is 0 Å². The number of nitrogens with zero attached hydrogens (tertiary/aromatic N) is 3. The van der Waals surface area contributed by atoms with Crippen LogP contribution in [0.4, 0.5) is 23.7 Å². The Morgan fingerprint density at radius 3 is 2.55 bits per heavy atom. The number of fused-ring (bicyclic) bond motifs is 1. The lowest BCUT2D eigenvalue weighted by Crippen LogP contribution is -2.46. The van der Waals surface area contributed by atoms with Crippen molar-refractivity contribution in [2.24, 2.45) is 4.99 Å². The number of amides is 2. The number of aromatic nitrogens is 1. The summed E-state index contributed by atoms with van der Waals surface area (Å²) in [6.07, 6.45) is 1.63. The van der Waals surface area contributed by atoms with Gasteiger partial charge in [0.2, 0.25) is 5.96 Å². The zero-order valence-electron chi connectivity index (χ0n) is 19.8. The van der Waals surface area contributed by atoms with E-state index in [1.165, 1.54) is 23.2 Å². The topological polar surface area (TPSA) is 93.3 Å². The molecule has 2 amide bonds. The van der Waals surface area contributed by atoms with Crippen molar-refractivity contribution in [3.63, 3.8) is 0 Å². The van der Waals surface area contributed by atoms with E-state index in [9.17, 15) is 22.8 Å². The maximum absolute atomic E-state index is 14.5. The van der Waals surface area contributed by atoms with Crippen molar-refractivity contribution in [2.45, 2.75) is 44.3 Å². The fourth-order valence-electron chi connectivity index (χ4n) is 4.55. The lowest BCUT2D eigenvalue weighted by Gasteiger charge is -2.24. The van der Waals surface area contributed by atoms with Crippen LogP contribution in [-0.4, -0.2) is 39.2 Å². The third kappa shape index (κ3) is 4.74. The molecule has 8 nitrogen and oxygen atoms in total. The number of H-pyrrole nitrogens is 1. The number of carbonyl (C=O) groups is 1. The first-order valence-corrected chi connectivity index (χ1v) is 12.3. The van der Waals surface area contributed by atoms with Gasteiger partial charge in [-0.15, -0.1) is 0 Å². The molecule has 0 bridgehead atoms. The molecular weight excluding hydrogens is 523 g/mol. The van der Waals surface area contributed by atoms with Crippen LogP contribution in [0.25, 0.3) is 0 Å². The van der Waals surface area contributed by atoms with E-state index in [4.69, 9.17) is 16.3 Å². The van der Waals surface area contributed by atoms with Crippen molar-refractivity contribution in [1.82, 2.24) is 20.1 Å². The molecule has 2 aromatic carbocycles. The monoisotopic (exact) mass is 543 g/mol. The number of pyridine rings is 1. The first-order valence-electron chi connectivity index (χ1n) is 12.0. The number of guanidine groups is 1. The van der Waals surface area contributed by atoms with Crippen LogP contribution in [0.3, 0.4) is 0 Å². The Kier molecular flexibility index (Phi) is 6.11. The summed E-state index contributed by atoms with van der Waals surface area (Å²) in [6.45, 7) is -0.0195. The molecule has 1 saturated carbocycles. The number of benzene rings is 2. The molecule has 0 radical (unpaired) electrons. The average Bonchev–Trinajstić information content (AvgIpc) is 3.79. The van der Waals surface area contributed by atoms with Gasteiger partial charge in [-0.05, 0) is 60.2 Å². The van der Waals surface area contributed by atoms with Crippen molar-refractivity contribution in [1.29, 1.82) is 0 Å². The standard InChI is InChI=1S/C26H21ClF3N5O3/c27-18-10-16(28)5-6-20(18)32-25-33-26(37)35(12-15-2-1-7-31-22(15)36)24-23(38-24)34(25)11-13-8-17(14-3-4-14)21(30)19(29)9-13/h1-2,5-10,14,23-24H,3-4,11-12H2,(H,31,36)(H,32,33,37). The van der Waals surface area contributed by atoms with Crippen LogP contribution >= 0.6 is 11.6 Å². The molecule has 3 fully saturated rings. The van der Waals surface area contributed by atoms with E-state index in [-0.39, 0.29) is 41.2 Å². The number of halogens is 4. The molecule has 0 spiro atoms. The second-order valence-electron chi connectivity index (χ2n) is 9.41. The van der Waals surface area contributed by atoms with Gasteiger partial charge in [0.15, 0.2) is 24.1 Å². The molecule has 6 rings (SSSR count). The molecule has 2 atom stereocenters. The van der Waals surface area contributed by atoms with E-state index < -0.39 is 35.9 Å². The van der Waals surface area contributed by atoms with Gasteiger partial charge in [0.05, 0.1) is 17.3 Å². The highest BCUT2D eigenvalue weighted by Crippen LogP contribution is 2.42. The number of nitrogens with one attached hydrogen (secondary N) is 2. The van der Waals surface area contributed by atoms with Crippen LogP contribution in [0.2, 0.25) is 5.02 Å². The molecule has 2 N–H and O–H groups in total. The number of ether oxygens (including phenoxy) is 1. The predicted octanol–water partition coefficient (Wildman–Crippen LogP) is 4.72. The Morgan fingerprint density at radius 2 is 1.82 bits per heavy atom. The average molecular weight is 544 g/mol. The SMILES string of the molecule is O=C1NC(=Nc2ccc(F)cc2Cl)N(Cc2cc(F)c(F)c(C3CC3)c2)C2OC2N1Cc1ccc[nH]c1=O. The fraction of sp³-hybridized carbons (Fsp3) is 0.269. The van der Waals surface area contributed by atoms with Gasteiger partial charge in [0, 0.05) is 18.3 Å². The molecule has 3 heterocycles. The Labute approximate surface area is 219 Å². The van der Waals surface area contributed by atoms with Crippen molar-refractivity contribution in [3.8, 4) is 0 Å². The van der Waals surface area contributed by atoms with Crippen LogP contribution in [0, 0.1) is 17.5 Å². The van der Waals surface area contributed by atoms with Crippen LogP contribution < -0.4 is 10.9 Å². The highest BCUT2D eigenvalue weighted by molar-refractivity contribution is 6.33. The highest BCUT2D eigenvalue weighted by Gasteiger charge is 2.54. The maximum atomic E-state index is 14.5. The Hall–Kier alpha value is -3.83. The summed E-state index contributed by atoms with van der Waals surface area (Å²) in [7, 11) is 0. The highest BCUT2D eigenvalue weighted by atomic mass is 35.5. The largest absolute Gasteiger partial charge is 0.329 e. The number of rotatable bonds is 6. The van der Waals surface area contributed by atoms with Gasteiger partial charge in [-0.2, -0.15) is 0 Å². The van der Waals surface area contributed by atoms with Gasteiger partial charge in [-0.3, -0.25) is 15.0 Å². The second-order valence-corrected chi connectivity index (χ2v) is 9.82. The normalized spacial score (nSPS) is 21.8. The molecule has 2 unspecified atom stereocenters. The van der Waals surface area contributed by atoms with Gasteiger partial charge < -0.3 is 14.6 Å². The molecule has 3 aromatic rings. The molecule has 2 saturated heterocycles. The lowest BCUT2D eigenvalue weighted by atomic mass is 10.1. The minimum atomic E-state index is -0.957. The van der Waals surface area contributed by atoms with Crippen molar-refractivity contribution < 1.29 is 22.7 Å². The van der Waals surface area contributed by atoms with E-state index >= 15 is 0 Å². The summed E-state index contributed by atoms with van der Waals surface area (Å²) in [5.74, 6) is -2.37. The number of carbonyl (C=O) groups excluding carboxylic acids is 1. The van der Waals surface area contributed by atoms with Gasteiger partial charge in [-0.1, -0.05) is 23.7 Å². The summed E-state index contributed by atoms with van der Waals surface area (Å²) < 4.78 is 48.4. The van der Waals surface area contributed by atoms with Gasteiger partial charge in [0.25, 0.3) is 5.56 Å². The van der Waals surface area contributed by atoms with Crippen LogP contribution in [0.15, 0.2) is 58.4 Å². The first kappa shape index (κ1) is 24.5. The minimum Gasteiger partial charge on any atom is -0.329 e.